The lowest BCUT2D eigenvalue weighted by atomic mass is 10.00. The highest BCUT2D eigenvalue weighted by Gasteiger charge is 2.39. The van der Waals surface area contributed by atoms with Crippen LogP contribution in [0.2, 0.25) is 0 Å². The number of nitrogens with two attached hydrogens (primary N) is 7. The van der Waals surface area contributed by atoms with Gasteiger partial charge in [-0.2, -0.15) is 0 Å². The minimum atomic E-state index is -1.86. The predicted molar refractivity (Wildman–Crippen MR) is 300 cm³/mol. The Morgan fingerprint density at radius 2 is 0.671 bits per heavy atom. The van der Waals surface area contributed by atoms with Crippen LogP contribution in [0, 0.1) is 11.8 Å². The Kier molecular flexibility index (Phi) is 36.3. The Labute approximate surface area is 478 Å². The van der Waals surface area contributed by atoms with Gasteiger partial charge in [0.2, 0.25) is 59.1 Å². The third-order valence-electron chi connectivity index (χ3n) is 12.7. The van der Waals surface area contributed by atoms with Gasteiger partial charge in [0.15, 0.2) is 5.96 Å². The molecular formula is C50H95N17O15. The van der Waals surface area contributed by atoms with Crippen LogP contribution in [0.4, 0.5) is 0 Å². The first-order valence-corrected chi connectivity index (χ1v) is 27.5. The molecule has 0 unspecified atom stereocenters. The average Bonchev–Trinajstić information content (AvgIpc) is 3.38. The molecule has 0 aliphatic rings. The van der Waals surface area contributed by atoms with Crippen molar-refractivity contribution >= 4 is 71.0 Å². The van der Waals surface area contributed by atoms with Crippen LogP contribution in [0.1, 0.15) is 126 Å². The zero-order valence-corrected chi connectivity index (χ0v) is 48.2. The molecule has 27 N–H and O–H groups in total. The molecule has 0 aromatic rings. The van der Waals surface area contributed by atoms with Crippen molar-refractivity contribution in [3.8, 4) is 0 Å². The molecule has 0 spiro atoms. The fraction of sp³-hybridized carbons (Fsp3) is 0.760. The molecule has 32 nitrogen and oxygen atoms in total. The molecule has 13 atom stereocenters. The topological polar surface area (TPSA) is 571 Å². The maximum Gasteiger partial charge on any atom is 0.326 e. The number of primary amides is 1. The summed E-state index contributed by atoms with van der Waals surface area (Å²) in [6.07, 6.45) is -3.38. The fourth-order valence-corrected chi connectivity index (χ4v) is 7.95. The van der Waals surface area contributed by atoms with Crippen LogP contribution in [0.25, 0.3) is 0 Å². The number of aliphatic hydroxyl groups excluding tert-OH is 3. The van der Waals surface area contributed by atoms with E-state index in [-0.39, 0.29) is 77.1 Å². The summed E-state index contributed by atoms with van der Waals surface area (Å²) in [4.78, 5) is 151. The molecule has 470 valence electrons. The van der Waals surface area contributed by atoms with Gasteiger partial charge in [-0.15, -0.1) is 0 Å². The summed E-state index contributed by atoms with van der Waals surface area (Å²) in [7, 11) is 0. The first-order chi connectivity index (χ1) is 38.3. The molecular weight excluding hydrogens is 1080 g/mol. The summed E-state index contributed by atoms with van der Waals surface area (Å²) < 4.78 is 0. The van der Waals surface area contributed by atoms with Gasteiger partial charge >= 0.3 is 5.97 Å². The van der Waals surface area contributed by atoms with Crippen molar-refractivity contribution in [1.29, 1.82) is 0 Å². The van der Waals surface area contributed by atoms with E-state index >= 15 is 0 Å². The number of guanidine groups is 1. The van der Waals surface area contributed by atoms with Gasteiger partial charge in [0.1, 0.15) is 54.4 Å². The minimum Gasteiger partial charge on any atom is -0.480 e. The normalized spacial score (nSPS) is 16.0. The van der Waals surface area contributed by atoms with E-state index in [1.54, 1.807) is 27.7 Å². The highest BCUT2D eigenvalue weighted by Crippen LogP contribution is 2.12. The number of carboxylic acids is 1. The number of nitrogens with one attached hydrogen (secondary N) is 9. The van der Waals surface area contributed by atoms with Crippen molar-refractivity contribution in [3.05, 3.63) is 0 Å². The van der Waals surface area contributed by atoms with Gasteiger partial charge in [-0.1, -0.05) is 27.7 Å². The molecule has 0 saturated heterocycles. The number of aliphatic imine (C=N–C) groups is 1. The van der Waals surface area contributed by atoms with Crippen LogP contribution in [-0.2, 0) is 52.7 Å². The quantitative estimate of drug-likeness (QED) is 0.0153. The van der Waals surface area contributed by atoms with E-state index in [4.69, 9.17) is 40.1 Å². The van der Waals surface area contributed by atoms with Crippen LogP contribution in [-0.4, -0.2) is 196 Å². The second-order valence-corrected chi connectivity index (χ2v) is 20.8. The molecule has 0 heterocycles. The molecule has 0 saturated carbocycles. The van der Waals surface area contributed by atoms with E-state index in [1.807, 2.05) is 0 Å². The van der Waals surface area contributed by atoms with E-state index in [0.29, 0.717) is 25.7 Å². The van der Waals surface area contributed by atoms with E-state index in [1.165, 1.54) is 6.92 Å². The predicted octanol–water partition coefficient (Wildman–Crippen LogP) is -7.47. The molecule has 0 aromatic carbocycles. The number of aliphatic carboxylic acids is 1. The van der Waals surface area contributed by atoms with Crippen molar-refractivity contribution < 1.29 is 73.2 Å². The number of nitrogens with zero attached hydrogens (tertiary/aromatic N) is 1. The number of amides is 10. The highest BCUT2D eigenvalue weighted by molar-refractivity contribution is 5.99. The lowest BCUT2D eigenvalue weighted by Gasteiger charge is -2.30. The number of hydrogen-bond donors (Lipinski definition) is 20. The second-order valence-electron chi connectivity index (χ2n) is 20.8. The van der Waals surface area contributed by atoms with Crippen molar-refractivity contribution in [2.45, 2.75) is 204 Å². The molecule has 0 aliphatic carbocycles. The van der Waals surface area contributed by atoms with Gasteiger partial charge in [-0.3, -0.25) is 52.9 Å². The van der Waals surface area contributed by atoms with Crippen molar-refractivity contribution in [2.75, 3.05) is 26.2 Å². The number of carboxylic acid groups (broad SMARTS) is 1. The molecule has 0 aliphatic heterocycles. The number of carbonyl (C=O) groups is 11. The summed E-state index contributed by atoms with van der Waals surface area (Å²) >= 11 is 0. The smallest absolute Gasteiger partial charge is 0.326 e. The van der Waals surface area contributed by atoms with Gasteiger partial charge in [0, 0.05) is 6.54 Å². The zero-order valence-electron chi connectivity index (χ0n) is 48.2. The molecule has 0 aromatic heterocycles. The third kappa shape index (κ3) is 28.7. The van der Waals surface area contributed by atoms with Crippen LogP contribution in [0.3, 0.4) is 0 Å². The van der Waals surface area contributed by atoms with Gasteiger partial charge in [-0.05, 0) is 123 Å². The number of aliphatic hydroxyl groups is 3. The molecule has 32 heteroatoms. The van der Waals surface area contributed by atoms with Crippen molar-refractivity contribution in [3.63, 3.8) is 0 Å². The first-order valence-electron chi connectivity index (χ1n) is 27.5. The molecule has 82 heavy (non-hydrogen) atoms. The lowest BCUT2D eigenvalue weighted by Crippen LogP contribution is -2.64. The molecule has 0 rings (SSSR count). The Morgan fingerprint density at radius 1 is 0.390 bits per heavy atom. The molecule has 0 fully saturated rings. The SMILES string of the molecule is CC(C)[C@H](NC(=O)[C@H](CCCCN)NC(=O)[C@@H](N)CC(N)=O)C(=O)N[C@@H](CCCCN)C(=O)N[C@H](C(=O)N[C@H](C(=O)N[C@@H](CCCCN)C(=O)N[C@H](C(=O)N[C@H](C(=O)N[C@@H](CCCN=C(N)N)C(=O)O)[C@@H](C)O)C(C)C)[C@@H](C)O)[C@@H](C)O. The summed E-state index contributed by atoms with van der Waals surface area (Å²) in [6.45, 7) is 10.4. The number of unbranched alkanes of at least 4 members (excludes halogenated alkanes) is 3. The van der Waals surface area contributed by atoms with Crippen LogP contribution in [0.15, 0.2) is 4.99 Å². The Morgan fingerprint density at radius 3 is 0.976 bits per heavy atom. The summed E-state index contributed by atoms with van der Waals surface area (Å²) in [5, 5.41) is 63.9. The number of carbonyl (C=O) groups excluding carboxylic acids is 10. The zero-order chi connectivity index (χ0) is 63.0. The van der Waals surface area contributed by atoms with Gasteiger partial charge < -0.3 is 108 Å². The van der Waals surface area contributed by atoms with Crippen LogP contribution >= 0.6 is 0 Å². The summed E-state index contributed by atoms with van der Waals surface area (Å²) in [6, 6.07) is -15.1. The number of rotatable bonds is 42. The van der Waals surface area contributed by atoms with E-state index in [0.717, 1.165) is 13.8 Å². The number of hydrogen-bond acceptors (Lipinski definition) is 19. The van der Waals surface area contributed by atoms with Crippen molar-refractivity contribution in [1.82, 2.24) is 47.9 Å². The van der Waals surface area contributed by atoms with Gasteiger partial charge in [0.05, 0.1) is 30.8 Å². The van der Waals surface area contributed by atoms with Crippen LogP contribution in [0.5, 0.6) is 0 Å². The molecule has 0 bridgehead atoms. The first kappa shape index (κ1) is 75.2. The van der Waals surface area contributed by atoms with E-state index in [2.05, 4.69) is 52.8 Å². The highest BCUT2D eigenvalue weighted by atomic mass is 16.4. The monoisotopic (exact) mass is 1170 g/mol. The van der Waals surface area contributed by atoms with Gasteiger partial charge in [-0.25, -0.2) is 4.79 Å². The largest absolute Gasteiger partial charge is 0.480 e. The lowest BCUT2D eigenvalue weighted by molar-refractivity contribution is -0.143. The van der Waals surface area contributed by atoms with Gasteiger partial charge in [0.25, 0.3) is 0 Å². The van der Waals surface area contributed by atoms with E-state index in [9.17, 15) is 73.2 Å². The Hall–Kier alpha value is -6.84. The maximum absolute atomic E-state index is 14.0. The van der Waals surface area contributed by atoms with Crippen LogP contribution < -0.4 is 88.0 Å². The standard InChI is InChI=1S/C50H95N17O15/c1-24(2)35(63-41(73)30(15-8-11-19-51)59-40(72)29(54)23-34(55)71)44(76)60-32(17-10-13-21-53)43(75)65-39(28(7)70)48(80)67-37(26(5)68)46(78)61-31(16-9-12-20-52)42(74)64-36(25(3)4)45(77)66-38(27(6)69)47(79)62-33(49(81)82)18-14-22-58-50(56)57/h24-33,35-39,68-70H,8-23,51-54H2,1-7H3,(H2,55,71)(H,59,72)(H,60,76)(H,61,78)(H,62,79)(H,63,73)(H,64,74)(H,65,75)(H,66,77)(H,67,80)(H,81,82)(H4,56,57,58)/t26-,27-,28-,29+,30+,31+,32+,33+,35+,36+,37+,38+,39+/m1/s1. The minimum absolute atomic E-state index is 0.0545. The Bertz CT molecular complexity index is 2110. The summed E-state index contributed by atoms with van der Waals surface area (Å²) in [5.41, 5.74) is 38.6. The molecule has 0 radical (unpaired) electrons. The van der Waals surface area contributed by atoms with E-state index < -0.39 is 162 Å². The molecule has 10 amide bonds. The van der Waals surface area contributed by atoms with Crippen molar-refractivity contribution in [2.24, 2.45) is 57.0 Å². The third-order valence-corrected chi connectivity index (χ3v) is 12.7. The summed E-state index contributed by atoms with van der Waals surface area (Å²) in [5.74, 6) is -12.6. The average molecular weight is 1170 g/mol. The fourth-order valence-electron chi connectivity index (χ4n) is 7.95. The maximum atomic E-state index is 14.0. The second kappa shape index (κ2) is 39.6. The Balaban J connectivity index is 6.60.